The lowest BCUT2D eigenvalue weighted by atomic mass is 10.2. The van der Waals surface area contributed by atoms with Crippen LogP contribution < -0.4 is 14.2 Å². The van der Waals surface area contributed by atoms with Crippen molar-refractivity contribution in [1.82, 2.24) is 0 Å². The lowest BCUT2D eigenvalue weighted by molar-refractivity contribution is 0.0691. The summed E-state index contributed by atoms with van der Waals surface area (Å²) in [6.45, 7) is 0. The van der Waals surface area contributed by atoms with E-state index >= 15 is 0 Å². The van der Waals surface area contributed by atoms with E-state index in [1.807, 2.05) is 0 Å². The first-order valence-corrected chi connectivity index (χ1v) is 8.04. The standard InChI is InChI=1S/C15H14FNO6S/c1-22-9-3-6-13(14(7-9)23-2)17-24(20,21)10-4-5-12(16)11(8-10)15(18)19/h3-8,17H,1-2H3,(H,18,19). The molecule has 0 saturated carbocycles. The van der Waals surface area contributed by atoms with Crippen LogP contribution in [0.3, 0.4) is 0 Å². The first kappa shape index (κ1) is 17.5. The number of carboxylic acid groups (broad SMARTS) is 1. The second-order valence-electron chi connectivity index (χ2n) is 4.62. The van der Waals surface area contributed by atoms with Gasteiger partial charge in [0, 0.05) is 6.07 Å². The molecule has 9 heteroatoms. The van der Waals surface area contributed by atoms with E-state index in [4.69, 9.17) is 14.6 Å². The summed E-state index contributed by atoms with van der Waals surface area (Å²) in [7, 11) is -1.34. The Kier molecular flexibility index (Phi) is 4.93. The Balaban J connectivity index is 2.42. The molecule has 0 aromatic heterocycles. The zero-order valence-corrected chi connectivity index (χ0v) is 13.6. The quantitative estimate of drug-likeness (QED) is 0.825. The molecule has 0 amide bonds. The van der Waals surface area contributed by atoms with Crippen LogP contribution in [0, 0.1) is 5.82 Å². The number of nitrogens with one attached hydrogen (secondary N) is 1. The molecule has 0 heterocycles. The summed E-state index contributed by atoms with van der Waals surface area (Å²) in [5, 5.41) is 8.90. The molecule has 0 radical (unpaired) electrons. The van der Waals surface area contributed by atoms with Crippen LogP contribution >= 0.6 is 0 Å². The summed E-state index contributed by atoms with van der Waals surface area (Å²) in [4.78, 5) is 10.6. The van der Waals surface area contributed by atoms with Crippen LogP contribution in [0.15, 0.2) is 41.3 Å². The number of rotatable bonds is 6. The van der Waals surface area contributed by atoms with E-state index in [1.165, 1.54) is 32.4 Å². The summed E-state index contributed by atoms with van der Waals surface area (Å²) in [5.74, 6) is -1.92. The zero-order valence-electron chi connectivity index (χ0n) is 12.7. The summed E-state index contributed by atoms with van der Waals surface area (Å²) >= 11 is 0. The fraction of sp³-hybridized carbons (Fsp3) is 0.133. The second kappa shape index (κ2) is 6.75. The van der Waals surface area contributed by atoms with Crippen molar-refractivity contribution in [1.29, 1.82) is 0 Å². The van der Waals surface area contributed by atoms with Crippen LogP contribution in [0.1, 0.15) is 10.4 Å². The second-order valence-corrected chi connectivity index (χ2v) is 6.30. The van der Waals surface area contributed by atoms with Crippen molar-refractivity contribution in [3.8, 4) is 11.5 Å². The molecule has 24 heavy (non-hydrogen) atoms. The van der Waals surface area contributed by atoms with Gasteiger partial charge in [-0.25, -0.2) is 17.6 Å². The van der Waals surface area contributed by atoms with E-state index in [0.29, 0.717) is 5.75 Å². The monoisotopic (exact) mass is 355 g/mol. The number of halogens is 1. The average molecular weight is 355 g/mol. The molecule has 2 N–H and O–H groups in total. The van der Waals surface area contributed by atoms with Crippen molar-refractivity contribution < 1.29 is 32.2 Å². The Morgan fingerprint density at radius 2 is 1.83 bits per heavy atom. The number of ether oxygens (including phenoxy) is 2. The van der Waals surface area contributed by atoms with E-state index < -0.39 is 27.4 Å². The van der Waals surface area contributed by atoms with Gasteiger partial charge in [0.25, 0.3) is 10.0 Å². The number of carbonyl (C=O) groups is 1. The summed E-state index contributed by atoms with van der Waals surface area (Å²) in [5.41, 5.74) is -0.612. The largest absolute Gasteiger partial charge is 0.497 e. The maximum atomic E-state index is 13.4. The van der Waals surface area contributed by atoms with E-state index in [-0.39, 0.29) is 16.3 Å². The van der Waals surface area contributed by atoms with Crippen molar-refractivity contribution in [3.05, 3.63) is 47.8 Å². The molecule has 0 fully saturated rings. The van der Waals surface area contributed by atoms with Crippen LogP contribution in [-0.2, 0) is 10.0 Å². The zero-order chi connectivity index (χ0) is 17.9. The molecule has 0 unspecified atom stereocenters. The van der Waals surface area contributed by atoms with Gasteiger partial charge >= 0.3 is 5.97 Å². The molecule has 0 atom stereocenters. The molecule has 0 aliphatic heterocycles. The van der Waals surface area contributed by atoms with E-state index in [1.54, 1.807) is 0 Å². The first-order chi connectivity index (χ1) is 11.3. The lowest BCUT2D eigenvalue weighted by Gasteiger charge is -2.13. The Labute approximate surface area is 137 Å². The van der Waals surface area contributed by atoms with Gasteiger partial charge in [-0.2, -0.15) is 0 Å². The minimum Gasteiger partial charge on any atom is -0.497 e. The van der Waals surface area contributed by atoms with Crippen molar-refractivity contribution in [2.75, 3.05) is 18.9 Å². The lowest BCUT2D eigenvalue weighted by Crippen LogP contribution is -2.15. The number of carboxylic acids is 1. The highest BCUT2D eigenvalue weighted by molar-refractivity contribution is 7.92. The van der Waals surface area contributed by atoms with Crippen molar-refractivity contribution >= 4 is 21.7 Å². The van der Waals surface area contributed by atoms with Gasteiger partial charge < -0.3 is 14.6 Å². The fourth-order valence-electron chi connectivity index (χ4n) is 1.92. The first-order valence-electron chi connectivity index (χ1n) is 6.56. The Hall–Kier alpha value is -2.81. The van der Waals surface area contributed by atoms with Gasteiger partial charge in [0.1, 0.15) is 17.3 Å². The molecular formula is C15H14FNO6S. The van der Waals surface area contributed by atoms with Gasteiger partial charge in [0.2, 0.25) is 0 Å². The molecule has 2 aromatic carbocycles. The SMILES string of the molecule is COc1ccc(NS(=O)(=O)c2ccc(F)c(C(=O)O)c2)c(OC)c1. The summed E-state index contributed by atoms with van der Waals surface area (Å²) in [6.07, 6.45) is 0. The Morgan fingerprint density at radius 1 is 1.12 bits per heavy atom. The topological polar surface area (TPSA) is 102 Å². The van der Waals surface area contributed by atoms with E-state index in [0.717, 1.165) is 18.2 Å². The molecule has 2 aromatic rings. The number of methoxy groups -OCH3 is 2. The van der Waals surface area contributed by atoms with E-state index in [9.17, 15) is 17.6 Å². The van der Waals surface area contributed by atoms with Crippen molar-refractivity contribution in [3.63, 3.8) is 0 Å². The van der Waals surface area contributed by atoms with Crippen molar-refractivity contribution in [2.45, 2.75) is 4.90 Å². The van der Waals surface area contributed by atoms with Gasteiger partial charge in [0.15, 0.2) is 0 Å². The number of aromatic carboxylic acids is 1. The molecule has 128 valence electrons. The minimum absolute atomic E-state index is 0.125. The molecule has 0 bridgehead atoms. The number of hydrogen-bond donors (Lipinski definition) is 2. The van der Waals surface area contributed by atoms with Gasteiger partial charge in [-0.1, -0.05) is 0 Å². The molecule has 0 spiro atoms. The van der Waals surface area contributed by atoms with Gasteiger partial charge in [-0.3, -0.25) is 4.72 Å². The highest BCUT2D eigenvalue weighted by Crippen LogP contribution is 2.31. The number of hydrogen-bond acceptors (Lipinski definition) is 5. The van der Waals surface area contributed by atoms with Crippen LogP contribution in [0.4, 0.5) is 10.1 Å². The number of sulfonamides is 1. The highest BCUT2D eigenvalue weighted by atomic mass is 32.2. The molecule has 0 aliphatic carbocycles. The predicted octanol–water partition coefficient (Wildman–Crippen LogP) is 2.34. The third-order valence-electron chi connectivity index (χ3n) is 3.13. The van der Waals surface area contributed by atoms with Crippen LogP contribution in [-0.4, -0.2) is 33.7 Å². The van der Waals surface area contributed by atoms with Gasteiger partial charge in [-0.05, 0) is 30.3 Å². The fourth-order valence-corrected chi connectivity index (χ4v) is 3.02. The molecule has 0 saturated heterocycles. The molecule has 0 aliphatic rings. The number of benzene rings is 2. The minimum atomic E-state index is -4.14. The highest BCUT2D eigenvalue weighted by Gasteiger charge is 2.20. The smallest absolute Gasteiger partial charge is 0.338 e. The van der Waals surface area contributed by atoms with Gasteiger partial charge in [0.05, 0.1) is 30.4 Å². The third-order valence-corrected chi connectivity index (χ3v) is 4.49. The number of anilines is 1. The molecule has 2 rings (SSSR count). The van der Waals surface area contributed by atoms with E-state index in [2.05, 4.69) is 4.72 Å². The van der Waals surface area contributed by atoms with Gasteiger partial charge in [-0.15, -0.1) is 0 Å². The predicted molar refractivity (Wildman–Crippen MR) is 83.7 cm³/mol. The average Bonchev–Trinajstić information content (AvgIpc) is 2.54. The Morgan fingerprint density at radius 3 is 2.42 bits per heavy atom. The van der Waals surface area contributed by atoms with Crippen LogP contribution in [0.5, 0.6) is 11.5 Å². The normalized spacial score (nSPS) is 11.0. The third kappa shape index (κ3) is 3.57. The Bertz CT molecular complexity index is 882. The summed E-state index contributed by atoms with van der Waals surface area (Å²) in [6, 6.07) is 6.93. The molecular weight excluding hydrogens is 341 g/mol. The summed E-state index contributed by atoms with van der Waals surface area (Å²) < 4.78 is 50.6. The van der Waals surface area contributed by atoms with Crippen LogP contribution in [0.25, 0.3) is 0 Å². The maximum Gasteiger partial charge on any atom is 0.338 e. The van der Waals surface area contributed by atoms with Crippen LogP contribution in [0.2, 0.25) is 0 Å². The molecule has 7 nitrogen and oxygen atoms in total. The van der Waals surface area contributed by atoms with Crippen molar-refractivity contribution in [2.24, 2.45) is 0 Å². The maximum absolute atomic E-state index is 13.4.